The minimum Gasteiger partial charge on any atom is -0.359 e. The van der Waals surface area contributed by atoms with Crippen molar-refractivity contribution in [2.24, 2.45) is 5.92 Å². The summed E-state index contributed by atoms with van der Waals surface area (Å²) in [5.41, 5.74) is 0.767. The standard InChI is InChI=1S/C12H18N2O/c1-13-10-6-4-9(5-7-10)12(15)11-3-2-8-14-11/h2-3,8-10,13-14H,4-7H2,1H3. The van der Waals surface area contributed by atoms with Crippen molar-refractivity contribution in [2.45, 2.75) is 31.7 Å². The summed E-state index contributed by atoms with van der Waals surface area (Å²) in [5, 5.41) is 3.28. The van der Waals surface area contributed by atoms with Gasteiger partial charge in [-0.2, -0.15) is 0 Å². The number of ketones is 1. The molecule has 1 aliphatic carbocycles. The molecule has 15 heavy (non-hydrogen) atoms. The largest absolute Gasteiger partial charge is 0.359 e. The average Bonchev–Trinajstić information content (AvgIpc) is 2.82. The number of H-pyrrole nitrogens is 1. The van der Waals surface area contributed by atoms with Crippen LogP contribution in [0.1, 0.15) is 36.2 Å². The molecule has 2 N–H and O–H groups in total. The van der Waals surface area contributed by atoms with Crippen molar-refractivity contribution in [1.82, 2.24) is 10.3 Å². The molecule has 1 heterocycles. The molecule has 0 spiro atoms. The zero-order valence-electron chi connectivity index (χ0n) is 9.12. The molecule has 82 valence electrons. The molecule has 0 amide bonds. The number of Topliss-reactive ketones (excluding diaryl/α,β-unsaturated/α-hetero) is 1. The average molecular weight is 206 g/mol. The maximum absolute atomic E-state index is 12.0. The van der Waals surface area contributed by atoms with Crippen molar-refractivity contribution in [2.75, 3.05) is 7.05 Å². The summed E-state index contributed by atoms with van der Waals surface area (Å²) in [6.07, 6.45) is 6.08. The van der Waals surface area contributed by atoms with Crippen LogP contribution in [-0.2, 0) is 0 Å². The molecule has 1 aromatic rings. The highest BCUT2D eigenvalue weighted by Gasteiger charge is 2.26. The van der Waals surface area contributed by atoms with Gasteiger partial charge in [0.25, 0.3) is 0 Å². The van der Waals surface area contributed by atoms with Crippen molar-refractivity contribution in [3.63, 3.8) is 0 Å². The maximum Gasteiger partial charge on any atom is 0.182 e. The number of hydrogen-bond acceptors (Lipinski definition) is 2. The minimum atomic E-state index is 0.230. The first-order valence-corrected chi connectivity index (χ1v) is 5.66. The second-order valence-electron chi connectivity index (χ2n) is 4.29. The normalized spacial score (nSPS) is 26.5. The Morgan fingerprint density at radius 3 is 2.67 bits per heavy atom. The second-order valence-corrected chi connectivity index (χ2v) is 4.29. The fraction of sp³-hybridized carbons (Fsp3) is 0.583. The number of carbonyl (C=O) groups is 1. The molecule has 1 fully saturated rings. The van der Waals surface area contributed by atoms with E-state index in [9.17, 15) is 4.79 Å². The second kappa shape index (κ2) is 4.62. The van der Waals surface area contributed by atoms with Crippen LogP contribution in [0.5, 0.6) is 0 Å². The highest BCUT2D eigenvalue weighted by molar-refractivity contribution is 5.96. The van der Waals surface area contributed by atoms with Gasteiger partial charge in [-0.05, 0) is 44.9 Å². The monoisotopic (exact) mass is 206 g/mol. The summed E-state index contributed by atoms with van der Waals surface area (Å²) in [6, 6.07) is 4.36. The Labute approximate surface area is 90.3 Å². The lowest BCUT2D eigenvalue weighted by Crippen LogP contribution is -2.32. The van der Waals surface area contributed by atoms with E-state index in [0.29, 0.717) is 6.04 Å². The zero-order chi connectivity index (χ0) is 10.7. The first-order valence-electron chi connectivity index (χ1n) is 5.66. The summed E-state index contributed by atoms with van der Waals surface area (Å²) in [5.74, 6) is 0.516. The lowest BCUT2D eigenvalue weighted by molar-refractivity contribution is 0.0876. The number of aromatic nitrogens is 1. The van der Waals surface area contributed by atoms with Crippen molar-refractivity contribution in [3.8, 4) is 0 Å². The summed E-state index contributed by atoms with van der Waals surface area (Å²) in [4.78, 5) is 15.0. The number of hydrogen-bond donors (Lipinski definition) is 2. The molecular formula is C12H18N2O. The van der Waals surface area contributed by atoms with Crippen LogP contribution >= 0.6 is 0 Å². The van der Waals surface area contributed by atoms with Gasteiger partial charge in [0.2, 0.25) is 0 Å². The first kappa shape index (κ1) is 10.4. The third-order valence-corrected chi connectivity index (χ3v) is 3.37. The van der Waals surface area contributed by atoms with Crippen molar-refractivity contribution >= 4 is 5.78 Å². The molecule has 0 bridgehead atoms. The number of carbonyl (C=O) groups excluding carboxylic acids is 1. The lowest BCUT2D eigenvalue weighted by Gasteiger charge is -2.26. The van der Waals surface area contributed by atoms with Crippen LogP contribution in [0.25, 0.3) is 0 Å². The van der Waals surface area contributed by atoms with Crippen molar-refractivity contribution in [1.29, 1.82) is 0 Å². The molecule has 0 unspecified atom stereocenters. The van der Waals surface area contributed by atoms with Gasteiger partial charge < -0.3 is 10.3 Å². The Bertz CT molecular complexity index is 310. The summed E-state index contributed by atoms with van der Waals surface area (Å²) in [7, 11) is 2.00. The minimum absolute atomic E-state index is 0.230. The molecule has 0 atom stereocenters. The topological polar surface area (TPSA) is 44.9 Å². The Morgan fingerprint density at radius 2 is 2.13 bits per heavy atom. The van der Waals surface area contributed by atoms with E-state index in [1.54, 1.807) is 0 Å². The van der Waals surface area contributed by atoms with Gasteiger partial charge in [0.1, 0.15) is 0 Å². The molecule has 1 saturated carbocycles. The van der Waals surface area contributed by atoms with E-state index in [1.807, 2.05) is 25.4 Å². The number of nitrogens with one attached hydrogen (secondary N) is 2. The van der Waals surface area contributed by atoms with Gasteiger partial charge in [-0.3, -0.25) is 4.79 Å². The predicted molar refractivity (Wildman–Crippen MR) is 59.9 cm³/mol. The summed E-state index contributed by atoms with van der Waals surface area (Å²) >= 11 is 0. The summed E-state index contributed by atoms with van der Waals surface area (Å²) < 4.78 is 0. The Kier molecular flexibility index (Phi) is 3.21. The van der Waals surface area contributed by atoms with Crippen molar-refractivity contribution < 1.29 is 4.79 Å². The van der Waals surface area contributed by atoms with Crippen LogP contribution in [-0.4, -0.2) is 23.9 Å². The fourth-order valence-electron chi connectivity index (χ4n) is 2.35. The quantitative estimate of drug-likeness (QED) is 0.743. The van der Waals surface area contributed by atoms with Crippen LogP contribution in [0.3, 0.4) is 0 Å². The third-order valence-electron chi connectivity index (χ3n) is 3.37. The van der Waals surface area contributed by atoms with Crippen LogP contribution in [0.15, 0.2) is 18.3 Å². The zero-order valence-corrected chi connectivity index (χ0v) is 9.12. The first-order chi connectivity index (χ1) is 7.31. The number of rotatable bonds is 3. The van der Waals surface area contributed by atoms with Crippen LogP contribution < -0.4 is 5.32 Å². The highest BCUT2D eigenvalue weighted by atomic mass is 16.1. The van der Waals surface area contributed by atoms with Crippen LogP contribution in [0.4, 0.5) is 0 Å². The van der Waals surface area contributed by atoms with E-state index in [4.69, 9.17) is 0 Å². The van der Waals surface area contributed by atoms with Gasteiger partial charge in [-0.25, -0.2) is 0 Å². The van der Waals surface area contributed by atoms with Gasteiger partial charge in [0.15, 0.2) is 5.78 Å². The molecular weight excluding hydrogens is 188 g/mol. The molecule has 3 nitrogen and oxygen atoms in total. The smallest absolute Gasteiger partial charge is 0.182 e. The maximum atomic E-state index is 12.0. The predicted octanol–water partition coefficient (Wildman–Crippen LogP) is 1.98. The van der Waals surface area contributed by atoms with E-state index in [-0.39, 0.29) is 11.7 Å². The number of aromatic amines is 1. The van der Waals surface area contributed by atoms with Gasteiger partial charge in [0.05, 0.1) is 5.69 Å². The molecule has 3 heteroatoms. The van der Waals surface area contributed by atoms with E-state index in [1.165, 1.54) is 0 Å². The molecule has 0 aliphatic heterocycles. The molecule has 2 rings (SSSR count). The van der Waals surface area contributed by atoms with Gasteiger partial charge in [0, 0.05) is 18.2 Å². The van der Waals surface area contributed by atoms with Crippen molar-refractivity contribution in [3.05, 3.63) is 24.0 Å². The molecule has 1 aliphatic rings. The Hall–Kier alpha value is -1.09. The molecule has 0 aromatic carbocycles. The molecule has 1 aromatic heterocycles. The molecule has 0 radical (unpaired) electrons. The van der Waals surface area contributed by atoms with Gasteiger partial charge in [-0.15, -0.1) is 0 Å². The van der Waals surface area contributed by atoms with E-state index < -0.39 is 0 Å². The van der Waals surface area contributed by atoms with E-state index >= 15 is 0 Å². The summed E-state index contributed by atoms with van der Waals surface area (Å²) in [6.45, 7) is 0. The molecule has 0 saturated heterocycles. The van der Waals surface area contributed by atoms with E-state index in [2.05, 4.69) is 10.3 Å². The Balaban J connectivity index is 1.93. The SMILES string of the molecule is CNC1CCC(C(=O)c2ccc[nH]2)CC1. The van der Waals surface area contributed by atoms with Gasteiger partial charge >= 0.3 is 0 Å². The third kappa shape index (κ3) is 2.29. The van der Waals surface area contributed by atoms with Crippen LogP contribution in [0.2, 0.25) is 0 Å². The van der Waals surface area contributed by atoms with Gasteiger partial charge in [-0.1, -0.05) is 0 Å². The van der Waals surface area contributed by atoms with E-state index in [0.717, 1.165) is 31.4 Å². The lowest BCUT2D eigenvalue weighted by atomic mass is 9.83. The Morgan fingerprint density at radius 1 is 1.40 bits per heavy atom. The van der Waals surface area contributed by atoms with Crippen LogP contribution in [0, 0.1) is 5.92 Å². The highest BCUT2D eigenvalue weighted by Crippen LogP contribution is 2.26. The fourth-order valence-corrected chi connectivity index (χ4v) is 2.35.